The first-order chi connectivity index (χ1) is 15.1. The van der Waals surface area contributed by atoms with E-state index in [0.717, 1.165) is 16.6 Å². The minimum Gasteiger partial charge on any atom is -0.380 e. The summed E-state index contributed by atoms with van der Waals surface area (Å²) in [4.78, 5) is 27.1. The Bertz CT molecular complexity index is 1150. The van der Waals surface area contributed by atoms with Crippen molar-refractivity contribution < 1.29 is 14.3 Å². The molecule has 0 aromatic heterocycles. The Kier molecular flexibility index (Phi) is 5.08. The van der Waals surface area contributed by atoms with Gasteiger partial charge < -0.3 is 20.3 Å². The maximum Gasteiger partial charge on any atom is 0.254 e. The van der Waals surface area contributed by atoms with Crippen LogP contribution in [0.4, 0.5) is 11.4 Å². The Morgan fingerprint density at radius 3 is 2.81 bits per heavy atom. The molecule has 3 aromatic rings. The number of nitrogens with zero attached hydrogens (tertiary/aromatic N) is 1. The lowest BCUT2D eigenvalue weighted by Crippen LogP contribution is -2.42. The molecular weight excluding hydrogens is 390 g/mol. The fourth-order valence-corrected chi connectivity index (χ4v) is 4.44. The first-order valence-corrected chi connectivity index (χ1v) is 10.7. The van der Waals surface area contributed by atoms with E-state index in [4.69, 9.17) is 4.74 Å². The summed E-state index contributed by atoms with van der Waals surface area (Å²) >= 11 is 0. The van der Waals surface area contributed by atoms with Crippen molar-refractivity contribution in [3.05, 3.63) is 71.8 Å². The molecule has 2 N–H and O–H groups in total. The van der Waals surface area contributed by atoms with E-state index in [1.54, 1.807) is 12.1 Å². The van der Waals surface area contributed by atoms with E-state index in [9.17, 15) is 9.59 Å². The van der Waals surface area contributed by atoms with Crippen LogP contribution >= 0.6 is 0 Å². The molecule has 2 aliphatic rings. The van der Waals surface area contributed by atoms with Gasteiger partial charge in [0.1, 0.15) is 6.10 Å². The molecule has 1 fully saturated rings. The Hall–Kier alpha value is -3.38. The molecule has 2 atom stereocenters. The molecule has 0 radical (unpaired) electrons. The number of hydrogen-bond acceptors (Lipinski definition) is 4. The number of fused-ring (bicyclic) bond motifs is 2. The van der Waals surface area contributed by atoms with Crippen molar-refractivity contribution in [3.8, 4) is 0 Å². The van der Waals surface area contributed by atoms with Crippen LogP contribution in [-0.4, -0.2) is 42.5 Å². The third-order valence-corrected chi connectivity index (χ3v) is 5.96. The summed E-state index contributed by atoms with van der Waals surface area (Å²) in [5.41, 5.74) is 3.20. The second-order valence-electron chi connectivity index (χ2n) is 8.24. The summed E-state index contributed by atoms with van der Waals surface area (Å²) in [5.74, 6) is -0.0506. The van der Waals surface area contributed by atoms with Gasteiger partial charge in [-0.2, -0.15) is 0 Å². The average molecular weight is 415 g/mol. The van der Waals surface area contributed by atoms with Crippen LogP contribution in [0.2, 0.25) is 0 Å². The topological polar surface area (TPSA) is 70.7 Å². The van der Waals surface area contributed by atoms with E-state index in [-0.39, 0.29) is 24.0 Å². The summed E-state index contributed by atoms with van der Waals surface area (Å²) < 4.78 is 6.07. The molecule has 0 spiro atoms. The van der Waals surface area contributed by atoms with Crippen molar-refractivity contribution >= 4 is 34.0 Å². The second-order valence-corrected chi connectivity index (χ2v) is 8.24. The number of nitrogens with one attached hydrogen (secondary N) is 2. The third-order valence-electron chi connectivity index (χ3n) is 5.96. The summed E-state index contributed by atoms with van der Waals surface area (Å²) in [6, 6.07) is 19.9. The zero-order valence-electron chi connectivity index (χ0n) is 17.4. The third kappa shape index (κ3) is 3.86. The van der Waals surface area contributed by atoms with Gasteiger partial charge in [0.15, 0.2) is 0 Å². The SMILES string of the molecule is CC1CC(=O)Nc2ccc(C(=O)N3CCOC(c4cccc5ccccc45)C3)cc2N1. The Morgan fingerprint density at radius 1 is 1.06 bits per heavy atom. The number of carbonyl (C=O) groups excluding carboxylic acids is 2. The summed E-state index contributed by atoms with van der Waals surface area (Å²) in [7, 11) is 0. The van der Waals surface area contributed by atoms with Gasteiger partial charge in [0.05, 0.1) is 24.5 Å². The number of anilines is 2. The van der Waals surface area contributed by atoms with Crippen molar-refractivity contribution in [2.75, 3.05) is 30.3 Å². The molecule has 2 amide bonds. The van der Waals surface area contributed by atoms with Crippen LogP contribution in [0.1, 0.15) is 35.4 Å². The van der Waals surface area contributed by atoms with Gasteiger partial charge in [-0.25, -0.2) is 0 Å². The van der Waals surface area contributed by atoms with Crippen LogP contribution in [-0.2, 0) is 9.53 Å². The number of ether oxygens (including phenoxy) is 1. The smallest absolute Gasteiger partial charge is 0.254 e. The summed E-state index contributed by atoms with van der Waals surface area (Å²) in [5, 5.41) is 8.55. The van der Waals surface area contributed by atoms with Crippen molar-refractivity contribution in [3.63, 3.8) is 0 Å². The molecule has 1 saturated heterocycles. The normalized spacial score (nSPS) is 21.1. The van der Waals surface area contributed by atoms with Crippen molar-refractivity contribution in [2.24, 2.45) is 0 Å². The minimum atomic E-state index is -0.165. The van der Waals surface area contributed by atoms with Crippen LogP contribution in [0.25, 0.3) is 10.8 Å². The quantitative estimate of drug-likeness (QED) is 0.658. The highest BCUT2D eigenvalue weighted by Gasteiger charge is 2.28. The summed E-state index contributed by atoms with van der Waals surface area (Å²) in [6.45, 7) is 3.51. The van der Waals surface area contributed by atoms with E-state index >= 15 is 0 Å². The molecule has 6 heteroatoms. The molecule has 0 aliphatic carbocycles. The van der Waals surface area contributed by atoms with Crippen molar-refractivity contribution in [1.29, 1.82) is 0 Å². The minimum absolute atomic E-state index is 0.00531. The van der Waals surface area contributed by atoms with E-state index < -0.39 is 0 Å². The van der Waals surface area contributed by atoms with E-state index in [2.05, 4.69) is 34.9 Å². The fourth-order valence-electron chi connectivity index (χ4n) is 4.44. The Balaban J connectivity index is 1.39. The van der Waals surface area contributed by atoms with Crippen LogP contribution in [0.5, 0.6) is 0 Å². The number of carbonyl (C=O) groups is 2. The van der Waals surface area contributed by atoms with Crippen LogP contribution in [0.15, 0.2) is 60.7 Å². The van der Waals surface area contributed by atoms with Crippen LogP contribution in [0.3, 0.4) is 0 Å². The van der Waals surface area contributed by atoms with Crippen LogP contribution in [0, 0.1) is 0 Å². The van der Waals surface area contributed by atoms with Gasteiger partial charge in [0.25, 0.3) is 5.91 Å². The van der Waals surface area contributed by atoms with Crippen molar-refractivity contribution in [2.45, 2.75) is 25.5 Å². The first-order valence-electron chi connectivity index (χ1n) is 10.7. The first kappa shape index (κ1) is 19.6. The maximum atomic E-state index is 13.3. The van der Waals surface area contributed by atoms with Gasteiger partial charge in [-0.05, 0) is 41.5 Å². The molecule has 0 bridgehead atoms. The Labute approximate surface area is 181 Å². The molecule has 31 heavy (non-hydrogen) atoms. The number of rotatable bonds is 2. The lowest BCUT2D eigenvalue weighted by atomic mass is 9.99. The van der Waals surface area contributed by atoms with E-state index in [1.807, 2.05) is 36.1 Å². The van der Waals surface area contributed by atoms with Gasteiger partial charge in [0, 0.05) is 24.6 Å². The lowest BCUT2D eigenvalue weighted by Gasteiger charge is -2.34. The molecule has 2 unspecified atom stereocenters. The van der Waals surface area contributed by atoms with Gasteiger partial charge in [0.2, 0.25) is 5.91 Å². The monoisotopic (exact) mass is 415 g/mol. The highest BCUT2D eigenvalue weighted by molar-refractivity contribution is 6.00. The second kappa shape index (κ2) is 8.04. The summed E-state index contributed by atoms with van der Waals surface area (Å²) in [6.07, 6.45) is 0.232. The molecule has 5 rings (SSSR count). The van der Waals surface area contributed by atoms with Gasteiger partial charge in [-0.15, -0.1) is 0 Å². The van der Waals surface area contributed by atoms with Gasteiger partial charge in [-0.3, -0.25) is 9.59 Å². The zero-order chi connectivity index (χ0) is 21.4. The number of amides is 2. The zero-order valence-corrected chi connectivity index (χ0v) is 17.4. The highest BCUT2D eigenvalue weighted by Crippen LogP contribution is 2.31. The molecule has 2 aliphatic heterocycles. The Morgan fingerprint density at radius 2 is 1.90 bits per heavy atom. The standard InChI is InChI=1S/C25H25N3O3/c1-16-13-24(29)27-21-10-9-18(14-22(21)26-16)25(30)28-11-12-31-23(15-28)20-8-4-6-17-5-2-3-7-19(17)20/h2-10,14,16,23,26H,11-13,15H2,1H3,(H,27,29). The molecular formula is C25H25N3O3. The highest BCUT2D eigenvalue weighted by atomic mass is 16.5. The molecule has 2 heterocycles. The average Bonchev–Trinajstić information content (AvgIpc) is 2.93. The predicted octanol–water partition coefficient (Wildman–Crippen LogP) is 4.20. The maximum absolute atomic E-state index is 13.3. The molecule has 0 saturated carbocycles. The number of morpholine rings is 1. The number of hydrogen-bond donors (Lipinski definition) is 2. The number of benzene rings is 3. The lowest BCUT2D eigenvalue weighted by molar-refractivity contribution is -0.116. The fraction of sp³-hybridized carbons (Fsp3) is 0.280. The van der Waals surface area contributed by atoms with Gasteiger partial charge in [-0.1, -0.05) is 42.5 Å². The molecule has 6 nitrogen and oxygen atoms in total. The largest absolute Gasteiger partial charge is 0.380 e. The molecule has 158 valence electrons. The van der Waals surface area contributed by atoms with E-state index in [0.29, 0.717) is 37.4 Å². The van der Waals surface area contributed by atoms with Gasteiger partial charge >= 0.3 is 0 Å². The van der Waals surface area contributed by atoms with Crippen molar-refractivity contribution in [1.82, 2.24) is 4.90 Å². The van der Waals surface area contributed by atoms with Crippen LogP contribution < -0.4 is 10.6 Å². The predicted molar refractivity (Wildman–Crippen MR) is 121 cm³/mol. The van der Waals surface area contributed by atoms with E-state index in [1.165, 1.54) is 5.39 Å². The molecule has 3 aromatic carbocycles.